The molecule has 0 aliphatic carbocycles. The van der Waals surface area contributed by atoms with Crippen molar-refractivity contribution in [3.8, 4) is 0 Å². The van der Waals surface area contributed by atoms with Gasteiger partial charge in [0.25, 0.3) is 0 Å². The summed E-state index contributed by atoms with van der Waals surface area (Å²) < 4.78 is 4.61. The van der Waals surface area contributed by atoms with Gasteiger partial charge in [0.1, 0.15) is 4.84 Å². The van der Waals surface area contributed by atoms with Gasteiger partial charge in [0.2, 0.25) is 0 Å². The molecule has 1 N–H and O–H groups in total. The standard InChI is InChI=1S/C4H5Cl2NO2/c5-3(6)2-1-7-4(8)9-2/h2-3H,1H2,(H,7,8). The van der Waals surface area contributed by atoms with Crippen molar-refractivity contribution in [3.63, 3.8) is 0 Å². The summed E-state index contributed by atoms with van der Waals surface area (Å²) in [7, 11) is 0. The quantitative estimate of drug-likeness (QED) is 0.593. The summed E-state index contributed by atoms with van der Waals surface area (Å²) in [6, 6.07) is 0. The van der Waals surface area contributed by atoms with Gasteiger partial charge >= 0.3 is 6.09 Å². The normalized spacial score (nSPS) is 26.1. The van der Waals surface area contributed by atoms with Crippen LogP contribution in [0.15, 0.2) is 0 Å². The number of halogens is 2. The number of nitrogens with one attached hydrogen (secondary N) is 1. The topological polar surface area (TPSA) is 38.3 Å². The first kappa shape index (κ1) is 6.96. The Morgan fingerprint density at radius 1 is 1.78 bits per heavy atom. The van der Waals surface area contributed by atoms with Gasteiger partial charge < -0.3 is 10.1 Å². The molecule has 1 aliphatic heterocycles. The maximum Gasteiger partial charge on any atom is 0.407 e. The fourth-order valence-electron chi connectivity index (χ4n) is 0.545. The number of amides is 1. The zero-order valence-electron chi connectivity index (χ0n) is 4.43. The highest BCUT2D eigenvalue weighted by atomic mass is 35.5. The highest BCUT2D eigenvalue weighted by molar-refractivity contribution is 6.44. The predicted molar refractivity (Wildman–Crippen MR) is 33.8 cm³/mol. The van der Waals surface area contributed by atoms with E-state index in [0.717, 1.165) is 0 Å². The molecule has 1 fully saturated rings. The van der Waals surface area contributed by atoms with Crippen molar-refractivity contribution in [2.24, 2.45) is 0 Å². The first-order valence-corrected chi connectivity index (χ1v) is 3.30. The van der Waals surface area contributed by atoms with Gasteiger partial charge in [-0.15, -0.1) is 23.2 Å². The first-order valence-electron chi connectivity index (χ1n) is 2.43. The second kappa shape index (κ2) is 2.62. The highest BCUT2D eigenvalue weighted by Crippen LogP contribution is 2.14. The summed E-state index contributed by atoms with van der Waals surface area (Å²) in [6.07, 6.45) is -0.841. The van der Waals surface area contributed by atoms with E-state index in [1.807, 2.05) is 0 Å². The predicted octanol–water partition coefficient (Wildman–Crippen LogP) is 0.898. The van der Waals surface area contributed by atoms with Crippen molar-refractivity contribution in [1.82, 2.24) is 5.32 Å². The smallest absolute Gasteiger partial charge is 0.407 e. The number of hydrogen-bond acceptors (Lipinski definition) is 2. The number of alkyl carbamates (subject to hydrolysis) is 1. The highest BCUT2D eigenvalue weighted by Gasteiger charge is 2.27. The molecule has 1 aliphatic rings. The molecule has 5 heteroatoms. The summed E-state index contributed by atoms with van der Waals surface area (Å²) >= 11 is 10.8. The van der Waals surface area contributed by atoms with E-state index in [0.29, 0.717) is 6.54 Å². The third-order valence-corrected chi connectivity index (χ3v) is 1.55. The molecule has 0 bridgehead atoms. The number of carbonyl (C=O) groups excluding carboxylic acids is 1. The largest absolute Gasteiger partial charge is 0.441 e. The summed E-state index contributed by atoms with van der Waals surface area (Å²) in [6.45, 7) is 0.399. The molecule has 0 saturated carbocycles. The second-order valence-corrected chi connectivity index (χ2v) is 2.82. The lowest BCUT2D eigenvalue weighted by atomic mass is 10.4. The minimum Gasteiger partial charge on any atom is -0.441 e. The van der Waals surface area contributed by atoms with Gasteiger partial charge in [-0.05, 0) is 0 Å². The molecule has 52 valence electrons. The van der Waals surface area contributed by atoms with Crippen molar-refractivity contribution in [3.05, 3.63) is 0 Å². The minimum atomic E-state index is -0.635. The Morgan fingerprint density at radius 2 is 2.44 bits per heavy atom. The van der Waals surface area contributed by atoms with Crippen LogP contribution in [-0.4, -0.2) is 23.6 Å². The Morgan fingerprint density at radius 3 is 2.67 bits per heavy atom. The van der Waals surface area contributed by atoms with Crippen LogP contribution in [0.25, 0.3) is 0 Å². The number of ether oxygens (including phenoxy) is 1. The van der Waals surface area contributed by atoms with Crippen LogP contribution in [0.1, 0.15) is 0 Å². The van der Waals surface area contributed by atoms with E-state index in [2.05, 4.69) is 10.1 Å². The van der Waals surface area contributed by atoms with Gasteiger partial charge in [0.05, 0.1) is 6.54 Å². The van der Waals surface area contributed by atoms with Crippen molar-refractivity contribution in [2.75, 3.05) is 6.54 Å². The van der Waals surface area contributed by atoms with Crippen molar-refractivity contribution in [2.45, 2.75) is 10.9 Å². The van der Waals surface area contributed by atoms with E-state index in [4.69, 9.17) is 23.2 Å². The van der Waals surface area contributed by atoms with Crippen molar-refractivity contribution in [1.29, 1.82) is 0 Å². The van der Waals surface area contributed by atoms with Crippen LogP contribution < -0.4 is 5.32 Å². The SMILES string of the molecule is O=C1NCC(C(Cl)Cl)O1. The van der Waals surface area contributed by atoms with Gasteiger partial charge in [-0.2, -0.15) is 0 Å². The zero-order valence-corrected chi connectivity index (χ0v) is 5.95. The Balaban J connectivity index is 2.39. The average Bonchev–Trinajstić information content (AvgIpc) is 2.14. The number of carbonyl (C=O) groups is 1. The van der Waals surface area contributed by atoms with Gasteiger partial charge in [-0.1, -0.05) is 0 Å². The fourth-order valence-corrected chi connectivity index (χ4v) is 0.826. The molecule has 0 aromatic heterocycles. The van der Waals surface area contributed by atoms with E-state index in [1.165, 1.54) is 0 Å². The van der Waals surface area contributed by atoms with Gasteiger partial charge in [0.15, 0.2) is 6.10 Å². The summed E-state index contributed by atoms with van der Waals surface area (Å²) in [4.78, 5) is 9.67. The molecule has 1 unspecified atom stereocenters. The van der Waals surface area contributed by atoms with Crippen LogP contribution in [-0.2, 0) is 4.74 Å². The van der Waals surface area contributed by atoms with Crippen LogP contribution in [0, 0.1) is 0 Å². The molecule has 9 heavy (non-hydrogen) atoms. The molecule has 3 nitrogen and oxygen atoms in total. The summed E-state index contributed by atoms with van der Waals surface area (Å²) in [5.41, 5.74) is 0. The van der Waals surface area contributed by atoms with Crippen LogP contribution in [0.5, 0.6) is 0 Å². The molecular formula is C4H5Cl2NO2. The van der Waals surface area contributed by atoms with Crippen LogP contribution in [0.2, 0.25) is 0 Å². The van der Waals surface area contributed by atoms with E-state index in [9.17, 15) is 4.79 Å². The summed E-state index contributed by atoms with van der Waals surface area (Å²) in [5.74, 6) is 0. The molecule has 0 spiro atoms. The van der Waals surface area contributed by atoms with Crippen LogP contribution in [0.3, 0.4) is 0 Å². The number of hydrogen-bond donors (Lipinski definition) is 1. The molecule has 1 rings (SSSR count). The van der Waals surface area contributed by atoms with Crippen molar-refractivity contribution >= 4 is 29.3 Å². The Labute approximate surface area is 62.3 Å². The number of cyclic esters (lactones) is 1. The Hall–Kier alpha value is -0.150. The molecular weight excluding hydrogens is 165 g/mol. The molecule has 1 heterocycles. The third-order valence-electron chi connectivity index (χ3n) is 0.987. The minimum absolute atomic E-state index is 0.388. The first-order chi connectivity index (χ1) is 4.20. The fraction of sp³-hybridized carbons (Fsp3) is 0.750. The molecule has 0 aromatic rings. The van der Waals surface area contributed by atoms with E-state index in [-0.39, 0.29) is 6.10 Å². The Bertz CT molecular complexity index is 128. The van der Waals surface area contributed by atoms with E-state index < -0.39 is 10.9 Å². The lowest BCUT2D eigenvalue weighted by Crippen LogP contribution is -2.20. The number of alkyl halides is 2. The monoisotopic (exact) mass is 169 g/mol. The maximum absolute atomic E-state index is 10.3. The second-order valence-electron chi connectivity index (χ2n) is 1.66. The van der Waals surface area contributed by atoms with Crippen LogP contribution in [0.4, 0.5) is 4.79 Å². The molecule has 1 amide bonds. The van der Waals surface area contributed by atoms with E-state index >= 15 is 0 Å². The maximum atomic E-state index is 10.3. The molecule has 0 aromatic carbocycles. The summed E-state index contributed by atoms with van der Waals surface area (Å²) in [5, 5.41) is 2.42. The lowest BCUT2D eigenvalue weighted by molar-refractivity contribution is 0.146. The van der Waals surface area contributed by atoms with Crippen molar-refractivity contribution < 1.29 is 9.53 Å². The third kappa shape index (κ3) is 1.63. The van der Waals surface area contributed by atoms with Gasteiger partial charge in [-0.3, -0.25) is 0 Å². The van der Waals surface area contributed by atoms with Gasteiger partial charge in [0, 0.05) is 0 Å². The average molecular weight is 170 g/mol. The molecule has 0 radical (unpaired) electrons. The van der Waals surface area contributed by atoms with Gasteiger partial charge in [-0.25, -0.2) is 4.79 Å². The number of rotatable bonds is 1. The molecule has 1 atom stereocenters. The van der Waals surface area contributed by atoms with E-state index in [1.54, 1.807) is 0 Å². The molecule has 1 saturated heterocycles. The lowest BCUT2D eigenvalue weighted by Gasteiger charge is -2.05. The Kier molecular flexibility index (Phi) is 2.03. The zero-order chi connectivity index (χ0) is 6.85. The van der Waals surface area contributed by atoms with Crippen LogP contribution >= 0.6 is 23.2 Å².